The van der Waals surface area contributed by atoms with Gasteiger partial charge in [-0.2, -0.15) is 65.9 Å². The Kier molecular flexibility index (Phi) is 13.2. The van der Waals surface area contributed by atoms with Crippen LogP contribution in [0.25, 0.3) is 0 Å². The second-order valence-corrected chi connectivity index (χ2v) is 19.0. The second-order valence-electron chi connectivity index (χ2n) is 12.7. The Labute approximate surface area is 351 Å². The smallest absolute Gasteiger partial charge is 0.422 e. The largest absolute Gasteiger partial charge is 0.460 e. The third kappa shape index (κ3) is 11.9. The number of hydrogen-bond donors (Lipinski definition) is 0. The summed E-state index contributed by atoms with van der Waals surface area (Å²) in [7, 11) is -16.0. The zero-order valence-corrected chi connectivity index (χ0v) is 34.2. The first-order valence-corrected chi connectivity index (χ1v) is 22.1. The Balaban J connectivity index is 1.76. The summed E-state index contributed by atoms with van der Waals surface area (Å²) < 4.78 is 258. The third-order valence-corrected chi connectivity index (χ3v) is 16.2. The van der Waals surface area contributed by atoms with Gasteiger partial charge in [0.05, 0.1) is 34.4 Å². The normalized spacial score (nSPS) is 17.6. The van der Waals surface area contributed by atoms with E-state index in [2.05, 4.69) is 13.5 Å². The first kappa shape index (κ1) is 48.2. The highest BCUT2D eigenvalue weighted by Gasteiger charge is 2.49. The Bertz CT molecular complexity index is 2430. The molecule has 0 bridgehead atoms. The highest BCUT2D eigenvalue weighted by atomic mass is 31.3. The molecule has 1 heterocycles. The van der Waals surface area contributed by atoms with Crippen LogP contribution in [0.5, 0.6) is 28.7 Å². The molecule has 27 heteroatoms. The number of hydrogen-bond acceptors (Lipinski definition) is 9. The average Bonchev–Trinajstić information content (AvgIpc) is 3.16. The summed E-state index contributed by atoms with van der Waals surface area (Å²) in [5.41, 5.74) is -6.98. The van der Waals surface area contributed by atoms with Gasteiger partial charge in [0.1, 0.15) is 28.7 Å². The highest BCUT2D eigenvalue weighted by Crippen LogP contribution is 2.79. The van der Waals surface area contributed by atoms with Crippen LogP contribution in [0.15, 0.2) is 135 Å². The fraction of sp³-hybridized carbons (Fsp3) is 0.189. The van der Waals surface area contributed by atoms with Gasteiger partial charge in [0.25, 0.3) is 0 Å². The minimum Gasteiger partial charge on any atom is -0.422 e. The first-order chi connectivity index (χ1) is 29.6. The van der Waals surface area contributed by atoms with E-state index >= 15 is 0 Å². The summed E-state index contributed by atoms with van der Waals surface area (Å²) in [5, 5.41) is 0. The van der Waals surface area contributed by atoms with Crippen LogP contribution in [0.4, 0.5) is 65.9 Å². The lowest BCUT2D eigenvalue weighted by atomic mass is 10.2. The molecule has 0 radical (unpaired) electrons. The minimum atomic E-state index is -5.44. The van der Waals surface area contributed by atoms with Crippen LogP contribution in [-0.4, -0.2) is 6.61 Å². The van der Waals surface area contributed by atoms with E-state index in [4.69, 9.17) is 27.1 Å². The van der Waals surface area contributed by atoms with E-state index in [0.29, 0.717) is 60.7 Å². The van der Waals surface area contributed by atoms with Gasteiger partial charge in [-0.1, -0.05) is 34.8 Å². The molecule has 0 aromatic heterocycles. The van der Waals surface area contributed by atoms with Gasteiger partial charge in [0.2, 0.25) is 0 Å². The molecule has 0 spiro atoms. The molecule has 0 fully saturated rings. The Hall–Kier alpha value is -5.30. The molecule has 1 aliphatic heterocycles. The summed E-state index contributed by atoms with van der Waals surface area (Å²) in [6.07, 6.45) is -25.4. The number of alkyl halides is 15. The lowest BCUT2D eigenvalue weighted by molar-refractivity contribution is -0.138. The molecular weight excluding hydrogens is 960 g/mol. The van der Waals surface area contributed by atoms with E-state index < -0.39 is 117 Å². The van der Waals surface area contributed by atoms with Crippen molar-refractivity contribution in [1.82, 2.24) is 0 Å². The van der Waals surface area contributed by atoms with E-state index in [-0.39, 0.29) is 0 Å². The Morgan fingerprint density at radius 3 is 0.766 bits per heavy atom. The zero-order chi connectivity index (χ0) is 47.0. The van der Waals surface area contributed by atoms with Crippen molar-refractivity contribution >= 4 is 23.0 Å². The van der Waals surface area contributed by atoms with Crippen LogP contribution in [0, 0.1) is 0 Å². The van der Waals surface area contributed by atoms with Gasteiger partial charge in [0, 0.05) is 0 Å². The maximum Gasteiger partial charge on any atom is 0.460 e. The minimum absolute atomic E-state index is 0.337. The van der Waals surface area contributed by atoms with Crippen molar-refractivity contribution in [3.63, 3.8) is 0 Å². The molecular formula is C37H25F15N3O6P3. The fourth-order valence-corrected chi connectivity index (χ4v) is 14.4. The molecule has 1 aliphatic rings. The molecule has 0 aliphatic carbocycles. The molecule has 0 saturated carbocycles. The van der Waals surface area contributed by atoms with E-state index in [9.17, 15) is 65.9 Å². The third-order valence-electron chi connectivity index (χ3n) is 7.90. The van der Waals surface area contributed by atoms with Gasteiger partial charge in [-0.15, -0.1) is 9.03 Å². The highest BCUT2D eigenvalue weighted by molar-refractivity contribution is 7.79. The molecule has 344 valence electrons. The quantitative estimate of drug-likeness (QED) is 0.0913. The molecule has 0 saturated heterocycles. The molecule has 1 atom stereocenters. The van der Waals surface area contributed by atoms with Crippen molar-refractivity contribution in [2.75, 3.05) is 6.61 Å². The molecule has 5 aromatic rings. The van der Waals surface area contributed by atoms with E-state index in [1.165, 1.54) is 6.92 Å². The zero-order valence-electron chi connectivity index (χ0n) is 31.6. The number of rotatable bonds is 12. The molecule has 64 heavy (non-hydrogen) atoms. The summed E-state index contributed by atoms with van der Waals surface area (Å²) in [6, 6.07) is 12.9. The lowest BCUT2D eigenvalue weighted by Gasteiger charge is -2.33. The molecule has 9 nitrogen and oxygen atoms in total. The van der Waals surface area contributed by atoms with Gasteiger partial charge in [-0.05, 0) is 97.9 Å². The van der Waals surface area contributed by atoms with E-state index in [1.807, 2.05) is 0 Å². The van der Waals surface area contributed by atoms with Crippen LogP contribution in [0.3, 0.4) is 0 Å². The molecule has 6 rings (SSSR count). The molecule has 1 unspecified atom stereocenters. The van der Waals surface area contributed by atoms with Crippen molar-refractivity contribution in [3.05, 3.63) is 149 Å². The van der Waals surface area contributed by atoms with Gasteiger partial charge < -0.3 is 22.6 Å². The van der Waals surface area contributed by atoms with Crippen molar-refractivity contribution in [2.24, 2.45) is 13.5 Å². The van der Waals surface area contributed by atoms with Gasteiger partial charge in [0.15, 0.2) is 0 Å². The maximum atomic E-state index is 14.0. The first-order valence-electron chi connectivity index (χ1n) is 17.5. The van der Waals surface area contributed by atoms with Crippen LogP contribution >= 0.6 is 23.0 Å². The van der Waals surface area contributed by atoms with Gasteiger partial charge in [-0.3, -0.25) is 4.52 Å². The van der Waals surface area contributed by atoms with Crippen molar-refractivity contribution in [3.8, 4) is 28.7 Å². The van der Waals surface area contributed by atoms with Crippen molar-refractivity contribution < 1.29 is 93.0 Å². The predicted octanol–water partition coefficient (Wildman–Crippen LogP) is 16.4. The maximum absolute atomic E-state index is 14.0. The molecule has 5 aromatic carbocycles. The van der Waals surface area contributed by atoms with Crippen LogP contribution in [0.2, 0.25) is 0 Å². The summed E-state index contributed by atoms with van der Waals surface area (Å²) in [6.45, 7) is 0.594. The number of halogens is 15. The van der Waals surface area contributed by atoms with Crippen LogP contribution in [0.1, 0.15) is 34.7 Å². The van der Waals surface area contributed by atoms with E-state index in [0.717, 1.165) is 60.7 Å². The van der Waals surface area contributed by atoms with Crippen LogP contribution < -0.4 is 22.6 Å². The summed E-state index contributed by atoms with van der Waals surface area (Å²) in [5.74, 6) is -4.31. The Morgan fingerprint density at radius 2 is 0.547 bits per heavy atom. The van der Waals surface area contributed by atoms with Gasteiger partial charge in [-0.25, -0.2) is 0 Å². The van der Waals surface area contributed by atoms with E-state index in [1.54, 1.807) is 0 Å². The molecule has 0 N–H and O–H groups in total. The monoisotopic (exact) mass is 985 g/mol. The lowest BCUT2D eigenvalue weighted by Crippen LogP contribution is -2.12. The standard InChI is InChI=1S/C37H25F15N3O6P3/c1-2-56-62(57-28-13-3-8-23(18-28)33(38,39)40)53-63(58-29-14-4-9-24(19-29)34(41,42)43,59-30-15-5-10-25(20-30)35(44,45)46)55-64(54-62,60-31-16-6-11-26(21-31)36(47,48)49)61-32-17-7-12-27(22-32)37(50,51)52/h3-22H,2H2,1H3. The van der Waals surface area contributed by atoms with Gasteiger partial charge >= 0.3 is 53.9 Å². The summed E-state index contributed by atoms with van der Waals surface area (Å²) >= 11 is 0. The number of nitrogens with zero attached hydrogens (tertiary/aromatic N) is 3. The Morgan fingerprint density at radius 1 is 0.344 bits per heavy atom. The fourth-order valence-electron chi connectivity index (χ4n) is 5.28. The number of benzene rings is 5. The SMILES string of the molecule is CCOP1(Oc2cccc(C(F)(F)F)c2)=NP(Oc2cccc(C(F)(F)F)c2)(Oc2cccc(C(F)(F)F)c2)=NP(Oc2cccc(C(F)(F)F)c2)(Oc2cccc(C(F)(F)F)c2)=N1. The topological polar surface area (TPSA) is 92.5 Å². The van der Waals surface area contributed by atoms with Crippen LogP contribution in [-0.2, 0) is 35.4 Å². The average molecular weight is 986 g/mol. The summed E-state index contributed by atoms with van der Waals surface area (Å²) in [4.78, 5) is 0. The van der Waals surface area contributed by atoms with Crippen molar-refractivity contribution in [2.45, 2.75) is 37.8 Å². The molecule has 0 amide bonds. The second kappa shape index (κ2) is 17.6. The van der Waals surface area contributed by atoms with Crippen molar-refractivity contribution in [1.29, 1.82) is 0 Å². The predicted molar refractivity (Wildman–Crippen MR) is 200 cm³/mol.